The molecule has 0 spiro atoms. The van der Waals surface area contributed by atoms with Gasteiger partial charge in [0.05, 0.1) is 4.91 Å². The lowest BCUT2D eigenvalue weighted by atomic mass is 10.1. The highest BCUT2D eigenvalue weighted by atomic mass is 32.2. The lowest BCUT2D eigenvalue weighted by Crippen LogP contribution is -2.36. The van der Waals surface area contributed by atoms with Crippen LogP contribution in [-0.2, 0) is 9.59 Å². The maximum atomic E-state index is 12.9. The molecule has 2 aromatic carbocycles. The number of halogens is 1. The molecule has 1 aliphatic rings. The summed E-state index contributed by atoms with van der Waals surface area (Å²) in [5.41, 5.74) is 2.21. The highest BCUT2D eigenvalue weighted by Crippen LogP contribution is 2.32. The summed E-state index contributed by atoms with van der Waals surface area (Å²) in [4.78, 5) is 37.8. The Bertz CT molecular complexity index is 909. The molecular formula is C19H15FN2O3S. The van der Waals surface area contributed by atoms with E-state index in [0.717, 1.165) is 27.8 Å². The Kier molecular flexibility index (Phi) is 5.18. The Morgan fingerprint density at radius 2 is 1.85 bits per heavy atom. The first-order valence-corrected chi connectivity index (χ1v) is 8.62. The van der Waals surface area contributed by atoms with Gasteiger partial charge in [0.15, 0.2) is 0 Å². The quantitative estimate of drug-likeness (QED) is 0.831. The largest absolute Gasteiger partial charge is 0.325 e. The van der Waals surface area contributed by atoms with Crippen molar-refractivity contribution in [2.75, 3.05) is 11.9 Å². The number of thioether (sulfide) groups is 1. The van der Waals surface area contributed by atoms with Crippen LogP contribution >= 0.6 is 11.8 Å². The second-order valence-electron chi connectivity index (χ2n) is 5.68. The molecule has 1 aliphatic heterocycles. The summed E-state index contributed by atoms with van der Waals surface area (Å²) in [5.74, 6) is -1.45. The summed E-state index contributed by atoms with van der Waals surface area (Å²) >= 11 is 0.805. The van der Waals surface area contributed by atoms with Crippen LogP contribution in [-0.4, -0.2) is 28.5 Å². The molecule has 0 bridgehead atoms. The number of carbonyl (C=O) groups is 3. The molecule has 26 heavy (non-hydrogen) atoms. The standard InChI is InChI=1S/C19H15FN2O3S/c1-12-4-2-3-5-13(12)10-16-18(24)22(19(25)26-16)11-17(23)21-15-8-6-14(20)7-9-15/h2-10H,11H2,1H3,(H,21,23)/b16-10-. The van der Waals surface area contributed by atoms with Gasteiger partial charge in [0.1, 0.15) is 12.4 Å². The molecule has 7 heteroatoms. The van der Waals surface area contributed by atoms with Crippen LogP contribution in [0.2, 0.25) is 0 Å². The van der Waals surface area contributed by atoms with Crippen LogP contribution in [0.4, 0.5) is 14.9 Å². The van der Waals surface area contributed by atoms with Crippen molar-refractivity contribution in [3.8, 4) is 0 Å². The van der Waals surface area contributed by atoms with Crippen molar-refractivity contribution in [1.29, 1.82) is 0 Å². The van der Waals surface area contributed by atoms with E-state index in [1.54, 1.807) is 6.08 Å². The zero-order valence-corrected chi connectivity index (χ0v) is 14.7. The van der Waals surface area contributed by atoms with Gasteiger partial charge in [-0.05, 0) is 60.2 Å². The van der Waals surface area contributed by atoms with Gasteiger partial charge in [-0.25, -0.2) is 4.39 Å². The smallest absolute Gasteiger partial charge is 0.294 e. The number of rotatable bonds is 4. The van der Waals surface area contributed by atoms with Crippen LogP contribution < -0.4 is 5.32 Å². The molecule has 1 saturated heterocycles. The first kappa shape index (κ1) is 17.9. The van der Waals surface area contributed by atoms with E-state index in [-0.39, 0.29) is 4.91 Å². The highest BCUT2D eigenvalue weighted by molar-refractivity contribution is 8.18. The second-order valence-corrected chi connectivity index (χ2v) is 6.67. The molecule has 0 unspecified atom stereocenters. The number of anilines is 1. The molecule has 1 heterocycles. The third-order valence-corrected chi connectivity index (χ3v) is 4.69. The first-order chi connectivity index (χ1) is 12.4. The van der Waals surface area contributed by atoms with E-state index in [1.165, 1.54) is 24.3 Å². The second kappa shape index (κ2) is 7.53. The van der Waals surface area contributed by atoms with Crippen molar-refractivity contribution in [1.82, 2.24) is 4.90 Å². The molecule has 3 amide bonds. The van der Waals surface area contributed by atoms with E-state index in [0.29, 0.717) is 5.69 Å². The number of amides is 3. The van der Waals surface area contributed by atoms with Crippen molar-refractivity contribution in [3.05, 3.63) is 70.4 Å². The highest BCUT2D eigenvalue weighted by Gasteiger charge is 2.36. The molecule has 1 N–H and O–H groups in total. The van der Waals surface area contributed by atoms with E-state index in [4.69, 9.17) is 0 Å². The molecular weight excluding hydrogens is 355 g/mol. The van der Waals surface area contributed by atoms with E-state index in [9.17, 15) is 18.8 Å². The normalized spacial score (nSPS) is 15.6. The van der Waals surface area contributed by atoms with E-state index in [1.807, 2.05) is 31.2 Å². The third-order valence-electron chi connectivity index (χ3n) is 3.78. The minimum Gasteiger partial charge on any atom is -0.325 e. The number of nitrogens with zero attached hydrogens (tertiary/aromatic N) is 1. The minimum absolute atomic E-state index is 0.277. The number of carbonyl (C=O) groups excluding carboxylic acids is 3. The molecule has 132 valence electrons. The lowest BCUT2D eigenvalue weighted by molar-refractivity contribution is -0.127. The summed E-state index contributed by atoms with van der Waals surface area (Å²) in [6.45, 7) is 1.51. The van der Waals surface area contributed by atoms with E-state index in [2.05, 4.69) is 5.32 Å². The Balaban J connectivity index is 1.70. The average Bonchev–Trinajstić information content (AvgIpc) is 2.86. The molecule has 3 rings (SSSR count). The summed E-state index contributed by atoms with van der Waals surface area (Å²) in [6, 6.07) is 12.7. The van der Waals surface area contributed by atoms with Gasteiger partial charge in [0.25, 0.3) is 11.1 Å². The van der Waals surface area contributed by atoms with E-state index >= 15 is 0 Å². The fraction of sp³-hybridized carbons (Fsp3) is 0.105. The van der Waals surface area contributed by atoms with Crippen molar-refractivity contribution in [2.24, 2.45) is 0 Å². The Labute approximate surface area is 153 Å². The van der Waals surface area contributed by atoms with Crippen LogP contribution in [0.15, 0.2) is 53.4 Å². The number of imide groups is 1. The zero-order chi connectivity index (χ0) is 18.7. The van der Waals surface area contributed by atoms with Crippen LogP contribution in [0, 0.1) is 12.7 Å². The van der Waals surface area contributed by atoms with Gasteiger partial charge in [-0.3, -0.25) is 19.3 Å². The molecule has 0 aliphatic carbocycles. The van der Waals surface area contributed by atoms with Crippen molar-refractivity contribution in [3.63, 3.8) is 0 Å². The molecule has 0 radical (unpaired) electrons. The fourth-order valence-electron chi connectivity index (χ4n) is 2.40. The van der Waals surface area contributed by atoms with Crippen LogP contribution in [0.5, 0.6) is 0 Å². The van der Waals surface area contributed by atoms with Crippen molar-refractivity contribution >= 4 is 40.6 Å². The van der Waals surface area contributed by atoms with E-state index < -0.39 is 29.4 Å². The number of benzene rings is 2. The summed E-state index contributed by atoms with van der Waals surface area (Å²) in [5, 5.41) is 2.03. The number of aryl methyl sites for hydroxylation is 1. The maximum absolute atomic E-state index is 12.9. The molecule has 5 nitrogen and oxygen atoms in total. The van der Waals surface area contributed by atoms with Gasteiger partial charge in [0, 0.05) is 5.69 Å². The maximum Gasteiger partial charge on any atom is 0.294 e. The predicted molar refractivity (Wildman–Crippen MR) is 98.9 cm³/mol. The zero-order valence-electron chi connectivity index (χ0n) is 13.9. The first-order valence-electron chi connectivity index (χ1n) is 7.80. The minimum atomic E-state index is -0.531. The predicted octanol–water partition coefficient (Wildman–Crippen LogP) is 3.81. The molecule has 1 fully saturated rings. The number of hydrogen-bond donors (Lipinski definition) is 1. The lowest BCUT2D eigenvalue weighted by Gasteiger charge is -2.12. The Morgan fingerprint density at radius 3 is 2.54 bits per heavy atom. The SMILES string of the molecule is Cc1ccccc1/C=C1\SC(=O)N(CC(=O)Nc2ccc(F)cc2)C1=O. The average molecular weight is 370 g/mol. The summed E-state index contributed by atoms with van der Waals surface area (Å²) in [6.07, 6.45) is 1.65. The molecule has 0 saturated carbocycles. The molecule has 0 aromatic heterocycles. The van der Waals surface area contributed by atoms with Gasteiger partial charge >= 0.3 is 0 Å². The van der Waals surface area contributed by atoms with Crippen molar-refractivity contribution < 1.29 is 18.8 Å². The fourth-order valence-corrected chi connectivity index (χ4v) is 3.23. The van der Waals surface area contributed by atoms with Gasteiger partial charge in [-0.1, -0.05) is 24.3 Å². The number of hydrogen-bond acceptors (Lipinski definition) is 4. The van der Waals surface area contributed by atoms with Gasteiger partial charge < -0.3 is 5.32 Å². The van der Waals surface area contributed by atoms with Crippen LogP contribution in [0.3, 0.4) is 0 Å². The van der Waals surface area contributed by atoms with Gasteiger partial charge in [0.2, 0.25) is 5.91 Å². The molecule has 2 aromatic rings. The van der Waals surface area contributed by atoms with Crippen LogP contribution in [0.25, 0.3) is 6.08 Å². The molecule has 0 atom stereocenters. The third kappa shape index (κ3) is 4.00. The number of nitrogens with one attached hydrogen (secondary N) is 1. The van der Waals surface area contributed by atoms with Gasteiger partial charge in [-0.2, -0.15) is 0 Å². The Morgan fingerprint density at radius 1 is 1.15 bits per heavy atom. The topological polar surface area (TPSA) is 66.5 Å². The summed E-state index contributed by atoms with van der Waals surface area (Å²) < 4.78 is 12.9. The van der Waals surface area contributed by atoms with Crippen molar-refractivity contribution in [2.45, 2.75) is 6.92 Å². The summed E-state index contributed by atoms with van der Waals surface area (Å²) in [7, 11) is 0. The monoisotopic (exact) mass is 370 g/mol. The van der Waals surface area contributed by atoms with Gasteiger partial charge in [-0.15, -0.1) is 0 Å². The van der Waals surface area contributed by atoms with Crippen LogP contribution in [0.1, 0.15) is 11.1 Å². The Hall–Kier alpha value is -2.93.